The van der Waals surface area contributed by atoms with E-state index in [4.69, 9.17) is 5.14 Å². The highest BCUT2D eigenvalue weighted by Gasteiger charge is 2.56. The molecule has 2 unspecified atom stereocenters. The second kappa shape index (κ2) is 4.96. The topological polar surface area (TPSA) is 167 Å². The Morgan fingerprint density at radius 1 is 1.48 bits per heavy atom. The first-order valence-corrected chi connectivity index (χ1v) is 9.61. The van der Waals surface area contributed by atoms with Gasteiger partial charge in [-0.05, 0) is 12.6 Å². The number of aliphatic hydroxyl groups excluding tert-OH is 1. The zero-order valence-electron chi connectivity index (χ0n) is 10.7. The number of hydrogen-bond donors (Lipinski definition) is 5. The molecule has 0 fully saturated rings. The lowest BCUT2D eigenvalue weighted by Crippen LogP contribution is -2.58. The van der Waals surface area contributed by atoms with E-state index in [9.17, 15) is 32.2 Å². The summed E-state index contributed by atoms with van der Waals surface area (Å²) < 4.78 is 46.0. The van der Waals surface area contributed by atoms with E-state index in [2.05, 4.69) is 5.32 Å². The molecule has 0 spiro atoms. The van der Waals surface area contributed by atoms with E-state index in [-0.39, 0.29) is 12.1 Å². The number of thiophene rings is 1. The first kappa shape index (κ1) is 16.8. The molecule has 0 aromatic carbocycles. The predicted octanol–water partition coefficient (Wildman–Crippen LogP) is -2.17. The summed E-state index contributed by atoms with van der Waals surface area (Å²) in [6.07, 6.45) is 0. The average molecular weight is 358 g/mol. The summed E-state index contributed by atoms with van der Waals surface area (Å²) in [5.41, 5.74) is -2.66. The van der Waals surface area contributed by atoms with Crippen LogP contribution in [-0.2, 0) is 19.9 Å². The highest BCUT2D eigenvalue weighted by atomic mass is 32.3. The van der Waals surface area contributed by atoms with Crippen LogP contribution in [0.15, 0.2) is 14.5 Å². The van der Waals surface area contributed by atoms with Crippen LogP contribution in [0, 0.1) is 0 Å². The van der Waals surface area contributed by atoms with Crippen LogP contribution >= 0.6 is 11.3 Å². The number of hydrogen-bond acceptors (Lipinski definition) is 9. The Labute approximate surface area is 125 Å². The second-order valence-corrected chi connectivity index (χ2v) is 9.57. The molecule has 9 nitrogen and oxygen atoms in total. The van der Waals surface area contributed by atoms with E-state index in [1.807, 2.05) is 0 Å². The maximum absolute atomic E-state index is 12.1. The summed E-state index contributed by atoms with van der Waals surface area (Å²) in [5.74, 6) is -3.00. The van der Waals surface area contributed by atoms with Gasteiger partial charge in [-0.3, -0.25) is 0 Å². The molecule has 0 radical (unpaired) electrons. The number of aliphatic hydroxyl groups is 3. The molecule has 1 aromatic rings. The molecular weight excluding hydrogens is 344 g/mol. The van der Waals surface area contributed by atoms with E-state index in [0.29, 0.717) is 11.3 Å². The molecule has 1 aliphatic heterocycles. The highest BCUT2D eigenvalue weighted by molar-refractivity contribution is 7.95. The molecule has 0 bridgehead atoms. The van der Waals surface area contributed by atoms with Gasteiger partial charge in [0.25, 0.3) is 0 Å². The minimum Gasteiger partial charge on any atom is -0.372 e. The molecule has 2 rings (SSSR count). The third kappa shape index (κ3) is 2.51. The fraction of sp³-hybridized carbons (Fsp3) is 0.556. The number of sulfone groups is 1. The molecular formula is C9H14N2O7S3. The number of sulfonamides is 1. The van der Waals surface area contributed by atoms with Gasteiger partial charge in [-0.2, -0.15) is 0 Å². The van der Waals surface area contributed by atoms with Crippen molar-refractivity contribution in [2.45, 2.75) is 32.6 Å². The van der Waals surface area contributed by atoms with Gasteiger partial charge in [-0.15, -0.1) is 11.3 Å². The quantitative estimate of drug-likeness (QED) is 0.381. The lowest BCUT2D eigenvalue weighted by Gasteiger charge is -2.38. The molecule has 0 amide bonds. The van der Waals surface area contributed by atoms with Gasteiger partial charge in [0.1, 0.15) is 8.42 Å². The Balaban J connectivity index is 2.78. The number of fused-ring (bicyclic) bond motifs is 1. The normalized spacial score (nSPS) is 27.3. The molecule has 1 aliphatic rings. The standard InChI is InChI=1S/C9H14N2O7S3/c1-2-11-6-4-3-5(21(10,17)18)19-7(4)20(15,16)8(12)9(6,13)14/h3,6,8,11-14H,2H2,1H3,(H2,10,17,18). The van der Waals surface area contributed by atoms with E-state index >= 15 is 0 Å². The van der Waals surface area contributed by atoms with Crippen molar-refractivity contribution in [1.82, 2.24) is 5.32 Å². The van der Waals surface area contributed by atoms with Crippen molar-refractivity contribution in [2.24, 2.45) is 5.14 Å². The van der Waals surface area contributed by atoms with Gasteiger partial charge in [0.05, 0.1) is 6.04 Å². The summed E-state index contributed by atoms with van der Waals surface area (Å²) in [7, 11) is -8.66. The molecule has 0 saturated carbocycles. The fourth-order valence-electron chi connectivity index (χ4n) is 2.09. The lowest BCUT2D eigenvalue weighted by atomic mass is 10.0. The number of nitrogens with two attached hydrogens (primary N) is 1. The van der Waals surface area contributed by atoms with Gasteiger partial charge in [-0.25, -0.2) is 22.0 Å². The van der Waals surface area contributed by atoms with E-state index in [1.165, 1.54) is 0 Å². The molecule has 1 aromatic heterocycles. The van der Waals surface area contributed by atoms with E-state index in [0.717, 1.165) is 6.07 Å². The Morgan fingerprint density at radius 2 is 2.05 bits per heavy atom. The summed E-state index contributed by atoms with van der Waals surface area (Å²) >= 11 is 0.360. The van der Waals surface area contributed by atoms with E-state index < -0.39 is 45.5 Å². The molecule has 2 atom stereocenters. The zero-order valence-corrected chi connectivity index (χ0v) is 13.2. The van der Waals surface area contributed by atoms with Gasteiger partial charge in [0.15, 0.2) is 0 Å². The summed E-state index contributed by atoms with van der Waals surface area (Å²) in [5, 5.41) is 37.1. The van der Waals surface area contributed by atoms with Gasteiger partial charge in [-0.1, -0.05) is 6.92 Å². The number of primary sulfonamides is 1. The van der Waals surface area contributed by atoms with Crippen molar-refractivity contribution in [3.8, 4) is 0 Å². The van der Waals surface area contributed by atoms with Gasteiger partial charge < -0.3 is 20.6 Å². The summed E-state index contributed by atoms with van der Waals surface area (Å²) in [4.78, 5) is 0. The largest absolute Gasteiger partial charge is 0.372 e. The molecule has 0 saturated heterocycles. The molecule has 6 N–H and O–H groups in total. The van der Waals surface area contributed by atoms with Gasteiger partial charge in [0, 0.05) is 5.56 Å². The van der Waals surface area contributed by atoms with Crippen LogP contribution in [-0.4, -0.2) is 49.9 Å². The number of rotatable bonds is 3. The SMILES string of the molecule is CCNC1c2cc(S(N)(=O)=O)sc2S(=O)(=O)C(O)C1(O)O. The number of nitrogens with one attached hydrogen (secondary N) is 1. The zero-order chi connectivity index (χ0) is 16.2. The van der Waals surface area contributed by atoms with Crippen LogP contribution in [0.2, 0.25) is 0 Å². The van der Waals surface area contributed by atoms with Crippen LogP contribution < -0.4 is 10.5 Å². The monoisotopic (exact) mass is 358 g/mol. The van der Waals surface area contributed by atoms with Crippen LogP contribution in [0.1, 0.15) is 18.5 Å². The minimum atomic E-state index is -4.51. The van der Waals surface area contributed by atoms with Crippen molar-refractivity contribution in [2.75, 3.05) is 6.54 Å². The Hall–Kier alpha value is -0.600. The Morgan fingerprint density at radius 3 is 2.52 bits per heavy atom. The molecule has 21 heavy (non-hydrogen) atoms. The molecule has 12 heteroatoms. The Kier molecular flexibility index (Phi) is 3.96. The summed E-state index contributed by atoms with van der Waals surface area (Å²) in [6.45, 7) is 1.85. The van der Waals surface area contributed by atoms with Crippen molar-refractivity contribution >= 4 is 31.2 Å². The maximum Gasteiger partial charge on any atom is 0.247 e. The minimum absolute atomic E-state index is 0.152. The molecule has 2 heterocycles. The van der Waals surface area contributed by atoms with Crippen LogP contribution in [0.4, 0.5) is 0 Å². The average Bonchev–Trinajstić information content (AvgIpc) is 2.78. The van der Waals surface area contributed by atoms with Crippen molar-refractivity contribution in [1.29, 1.82) is 0 Å². The summed E-state index contributed by atoms with van der Waals surface area (Å²) in [6, 6.07) is -0.407. The first-order valence-electron chi connectivity index (χ1n) is 5.70. The van der Waals surface area contributed by atoms with Crippen molar-refractivity contribution in [3.05, 3.63) is 11.6 Å². The predicted molar refractivity (Wildman–Crippen MR) is 72.5 cm³/mol. The highest BCUT2D eigenvalue weighted by Crippen LogP contribution is 2.45. The smallest absolute Gasteiger partial charge is 0.247 e. The van der Waals surface area contributed by atoms with Gasteiger partial charge in [0.2, 0.25) is 31.1 Å². The van der Waals surface area contributed by atoms with E-state index in [1.54, 1.807) is 6.92 Å². The van der Waals surface area contributed by atoms with Crippen LogP contribution in [0.5, 0.6) is 0 Å². The number of likely N-dealkylation sites (N-methyl/N-ethyl adjacent to an activating group) is 1. The molecule has 0 aliphatic carbocycles. The maximum atomic E-state index is 12.1. The van der Waals surface area contributed by atoms with Gasteiger partial charge >= 0.3 is 0 Å². The second-order valence-electron chi connectivity index (χ2n) is 4.52. The van der Waals surface area contributed by atoms with Crippen molar-refractivity contribution < 1.29 is 32.2 Å². The third-order valence-electron chi connectivity index (χ3n) is 3.04. The fourth-order valence-corrected chi connectivity index (χ4v) is 6.23. The first-order chi connectivity index (χ1) is 9.44. The lowest BCUT2D eigenvalue weighted by molar-refractivity contribution is -0.224. The van der Waals surface area contributed by atoms with Crippen LogP contribution in [0.3, 0.4) is 0 Å². The Bertz CT molecular complexity index is 765. The molecule has 120 valence electrons. The van der Waals surface area contributed by atoms with Crippen molar-refractivity contribution in [3.63, 3.8) is 0 Å². The third-order valence-corrected chi connectivity index (χ3v) is 8.04. The van der Waals surface area contributed by atoms with Crippen LogP contribution in [0.25, 0.3) is 0 Å².